The van der Waals surface area contributed by atoms with Gasteiger partial charge in [-0.2, -0.15) is 0 Å². The molecule has 142 valence electrons. The summed E-state index contributed by atoms with van der Waals surface area (Å²) < 4.78 is 10.7. The number of carbonyl (C=O) groups is 2. The first-order valence-corrected chi connectivity index (χ1v) is 9.18. The lowest BCUT2D eigenvalue weighted by atomic mass is 10.2. The third-order valence-corrected chi connectivity index (χ3v) is 4.55. The van der Waals surface area contributed by atoms with Crippen LogP contribution in [0, 0.1) is 0 Å². The van der Waals surface area contributed by atoms with E-state index in [9.17, 15) is 9.59 Å². The Kier molecular flexibility index (Phi) is 6.08. The van der Waals surface area contributed by atoms with E-state index in [1.54, 1.807) is 31.4 Å². The van der Waals surface area contributed by atoms with Crippen LogP contribution in [-0.4, -0.2) is 31.6 Å². The second-order valence-corrected chi connectivity index (χ2v) is 6.51. The summed E-state index contributed by atoms with van der Waals surface area (Å²) in [7, 11) is 1.63. The Bertz CT molecular complexity index is 787. The second-order valence-electron chi connectivity index (χ2n) is 6.51. The number of quaternary nitrogens is 1. The zero-order valence-electron chi connectivity index (χ0n) is 15.7. The molecule has 2 N–H and O–H groups in total. The van der Waals surface area contributed by atoms with E-state index >= 15 is 0 Å². The molecule has 0 aliphatic carbocycles. The maximum Gasteiger partial charge on any atom is 0.292 e. The van der Waals surface area contributed by atoms with Crippen molar-refractivity contribution in [3.63, 3.8) is 0 Å². The number of benzene rings is 2. The van der Waals surface area contributed by atoms with E-state index in [-0.39, 0.29) is 18.2 Å². The SMILES string of the molecule is CCCOc1ccc(N2C(=O)C[C@H]([NH2+]Cc3ccc(OC)cc3)C2=O)cc1. The molecular weight excluding hydrogens is 344 g/mol. The quantitative estimate of drug-likeness (QED) is 0.721. The molecule has 1 heterocycles. The van der Waals surface area contributed by atoms with E-state index < -0.39 is 6.04 Å². The Morgan fingerprint density at radius 1 is 1.04 bits per heavy atom. The van der Waals surface area contributed by atoms with Crippen molar-refractivity contribution in [1.29, 1.82) is 0 Å². The van der Waals surface area contributed by atoms with Gasteiger partial charge in [0.15, 0.2) is 6.04 Å². The number of methoxy groups -OCH3 is 1. The van der Waals surface area contributed by atoms with Crippen molar-refractivity contribution in [3.05, 3.63) is 54.1 Å². The van der Waals surface area contributed by atoms with Gasteiger partial charge in [-0.15, -0.1) is 0 Å². The molecule has 1 atom stereocenters. The molecule has 2 aromatic rings. The van der Waals surface area contributed by atoms with Crippen LogP contribution in [0.5, 0.6) is 11.5 Å². The van der Waals surface area contributed by atoms with Crippen molar-refractivity contribution in [2.45, 2.75) is 32.4 Å². The Morgan fingerprint density at radius 3 is 2.33 bits per heavy atom. The molecule has 1 saturated heterocycles. The summed E-state index contributed by atoms with van der Waals surface area (Å²) in [6.45, 7) is 3.31. The minimum Gasteiger partial charge on any atom is -0.497 e. The summed E-state index contributed by atoms with van der Waals surface area (Å²) in [5, 5.41) is 1.92. The Labute approximate surface area is 159 Å². The zero-order chi connectivity index (χ0) is 19.2. The highest BCUT2D eigenvalue weighted by Crippen LogP contribution is 2.24. The summed E-state index contributed by atoms with van der Waals surface area (Å²) in [6.07, 6.45) is 1.14. The fourth-order valence-electron chi connectivity index (χ4n) is 3.06. The van der Waals surface area contributed by atoms with Gasteiger partial charge in [-0.05, 0) is 55.0 Å². The lowest BCUT2D eigenvalue weighted by Gasteiger charge is -2.15. The van der Waals surface area contributed by atoms with Gasteiger partial charge in [-0.3, -0.25) is 9.59 Å². The zero-order valence-corrected chi connectivity index (χ0v) is 15.7. The molecule has 1 aliphatic heterocycles. The van der Waals surface area contributed by atoms with Crippen LogP contribution < -0.4 is 19.7 Å². The maximum absolute atomic E-state index is 12.7. The van der Waals surface area contributed by atoms with Gasteiger partial charge in [0.1, 0.15) is 18.0 Å². The summed E-state index contributed by atoms with van der Waals surface area (Å²) in [5.41, 5.74) is 1.67. The van der Waals surface area contributed by atoms with E-state index in [2.05, 4.69) is 0 Å². The summed E-state index contributed by atoms with van der Waals surface area (Å²) >= 11 is 0. The van der Waals surface area contributed by atoms with Gasteiger partial charge >= 0.3 is 0 Å². The van der Waals surface area contributed by atoms with Gasteiger partial charge in [-0.1, -0.05) is 6.92 Å². The largest absolute Gasteiger partial charge is 0.497 e. The van der Waals surface area contributed by atoms with Gasteiger partial charge in [0.25, 0.3) is 5.91 Å². The lowest BCUT2D eigenvalue weighted by Crippen LogP contribution is -2.90. The normalized spacial score (nSPS) is 16.7. The molecule has 27 heavy (non-hydrogen) atoms. The highest BCUT2D eigenvalue weighted by atomic mass is 16.5. The molecule has 1 aliphatic rings. The first-order valence-electron chi connectivity index (χ1n) is 9.18. The van der Waals surface area contributed by atoms with Crippen molar-refractivity contribution in [3.8, 4) is 11.5 Å². The van der Waals surface area contributed by atoms with Gasteiger partial charge < -0.3 is 14.8 Å². The van der Waals surface area contributed by atoms with Crippen molar-refractivity contribution >= 4 is 17.5 Å². The molecule has 6 nitrogen and oxygen atoms in total. The molecule has 1 fully saturated rings. The average Bonchev–Trinajstić information content (AvgIpc) is 2.99. The highest BCUT2D eigenvalue weighted by Gasteiger charge is 2.42. The van der Waals surface area contributed by atoms with Crippen molar-refractivity contribution in [1.82, 2.24) is 0 Å². The van der Waals surface area contributed by atoms with Gasteiger partial charge in [0.2, 0.25) is 5.91 Å². The van der Waals surface area contributed by atoms with Crippen LogP contribution >= 0.6 is 0 Å². The Balaban J connectivity index is 1.62. The summed E-state index contributed by atoms with van der Waals surface area (Å²) in [6, 6.07) is 14.4. The Hall–Kier alpha value is -2.86. The number of hydrogen-bond donors (Lipinski definition) is 1. The molecule has 0 spiro atoms. The number of amides is 2. The predicted molar refractivity (Wildman–Crippen MR) is 102 cm³/mol. The van der Waals surface area contributed by atoms with Crippen LogP contribution in [0.2, 0.25) is 0 Å². The minimum atomic E-state index is -0.393. The smallest absolute Gasteiger partial charge is 0.292 e. The summed E-state index contributed by atoms with van der Waals surface area (Å²) in [5.74, 6) is 1.19. The molecule has 0 unspecified atom stereocenters. The van der Waals surface area contributed by atoms with Crippen LogP contribution in [-0.2, 0) is 16.1 Å². The highest BCUT2D eigenvalue weighted by molar-refractivity contribution is 6.21. The predicted octanol–water partition coefficient (Wildman–Crippen LogP) is 1.88. The third-order valence-electron chi connectivity index (χ3n) is 4.55. The van der Waals surface area contributed by atoms with Gasteiger partial charge in [0.05, 0.1) is 25.8 Å². The van der Waals surface area contributed by atoms with Crippen molar-refractivity contribution in [2.24, 2.45) is 0 Å². The van der Waals surface area contributed by atoms with E-state index in [0.717, 1.165) is 23.5 Å². The third kappa shape index (κ3) is 4.46. The van der Waals surface area contributed by atoms with E-state index in [0.29, 0.717) is 18.8 Å². The van der Waals surface area contributed by atoms with Gasteiger partial charge in [0, 0.05) is 5.56 Å². The monoisotopic (exact) mass is 369 g/mol. The fourth-order valence-corrected chi connectivity index (χ4v) is 3.06. The number of anilines is 1. The lowest BCUT2D eigenvalue weighted by molar-refractivity contribution is -0.690. The van der Waals surface area contributed by atoms with Crippen LogP contribution in [0.4, 0.5) is 5.69 Å². The number of hydrogen-bond acceptors (Lipinski definition) is 4. The molecule has 2 aromatic carbocycles. The standard InChI is InChI=1S/C21H24N2O4/c1-3-12-27-18-10-6-16(7-11-18)23-20(24)13-19(21(23)25)22-14-15-4-8-17(26-2)9-5-15/h4-11,19,22H,3,12-14H2,1-2H3/p+1/t19-/m0/s1. The minimum absolute atomic E-state index is 0.168. The Morgan fingerprint density at radius 2 is 1.70 bits per heavy atom. The number of ether oxygens (including phenoxy) is 2. The molecular formula is C21H25N2O4+. The molecule has 0 radical (unpaired) electrons. The van der Waals surface area contributed by atoms with Crippen LogP contribution in [0.3, 0.4) is 0 Å². The fraction of sp³-hybridized carbons (Fsp3) is 0.333. The number of rotatable bonds is 8. The molecule has 6 heteroatoms. The molecule has 2 amide bonds. The number of carbonyl (C=O) groups excluding carboxylic acids is 2. The second kappa shape index (κ2) is 8.68. The first-order chi connectivity index (χ1) is 13.1. The first kappa shape index (κ1) is 18.9. The van der Waals surface area contributed by atoms with Crippen LogP contribution in [0.25, 0.3) is 0 Å². The molecule has 0 saturated carbocycles. The maximum atomic E-state index is 12.7. The number of imide groups is 1. The van der Waals surface area contributed by atoms with Crippen LogP contribution in [0.15, 0.2) is 48.5 Å². The summed E-state index contributed by atoms with van der Waals surface area (Å²) in [4.78, 5) is 26.4. The number of nitrogens with two attached hydrogens (primary N) is 1. The number of nitrogens with zero attached hydrogens (tertiary/aromatic N) is 1. The van der Waals surface area contributed by atoms with E-state index in [4.69, 9.17) is 9.47 Å². The van der Waals surface area contributed by atoms with Crippen molar-refractivity contribution < 1.29 is 24.4 Å². The van der Waals surface area contributed by atoms with E-state index in [1.807, 2.05) is 36.5 Å². The van der Waals surface area contributed by atoms with Crippen molar-refractivity contribution in [2.75, 3.05) is 18.6 Å². The van der Waals surface area contributed by atoms with Crippen LogP contribution in [0.1, 0.15) is 25.3 Å². The van der Waals surface area contributed by atoms with E-state index in [1.165, 1.54) is 4.90 Å². The average molecular weight is 369 g/mol. The molecule has 3 rings (SSSR count). The van der Waals surface area contributed by atoms with Gasteiger partial charge in [-0.25, -0.2) is 4.90 Å². The molecule has 0 bridgehead atoms. The molecule has 0 aromatic heterocycles. The topological polar surface area (TPSA) is 72.4 Å².